The molecule has 7 nitrogen and oxygen atoms in total. The van der Waals surface area contributed by atoms with E-state index in [9.17, 15) is 14.4 Å². The van der Waals surface area contributed by atoms with E-state index in [1.807, 2.05) is 30.3 Å². The second-order valence-corrected chi connectivity index (χ2v) is 11.9. The molecular formula is C26H26I2N2O5S. The van der Waals surface area contributed by atoms with Gasteiger partial charge in [0.15, 0.2) is 11.5 Å². The van der Waals surface area contributed by atoms with Gasteiger partial charge in [0.05, 0.1) is 15.6 Å². The molecule has 3 amide bonds. The predicted octanol–water partition coefficient (Wildman–Crippen LogP) is 5.92. The minimum atomic E-state index is -0.443. The van der Waals surface area contributed by atoms with Gasteiger partial charge in [-0.05, 0) is 111 Å². The number of likely N-dealkylation sites (tertiary alicyclic amines) is 1. The number of methoxy groups -OCH3 is 1. The van der Waals surface area contributed by atoms with Crippen molar-refractivity contribution < 1.29 is 23.9 Å². The lowest BCUT2D eigenvalue weighted by Crippen LogP contribution is -2.42. The maximum Gasteiger partial charge on any atom is 0.294 e. The first kappa shape index (κ1) is 27.2. The number of ether oxygens (including phenoxy) is 2. The molecular weight excluding hydrogens is 706 g/mol. The first-order valence-electron chi connectivity index (χ1n) is 11.6. The molecule has 2 aliphatic heterocycles. The third kappa shape index (κ3) is 6.74. The number of rotatable bonds is 7. The van der Waals surface area contributed by atoms with Crippen LogP contribution in [-0.4, -0.2) is 53.6 Å². The second kappa shape index (κ2) is 12.6. The Morgan fingerprint density at radius 3 is 2.42 bits per heavy atom. The molecule has 0 aliphatic carbocycles. The fraction of sp³-hybridized carbons (Fsp3) is 0.346. The Hall–Kier alpha value is -1.80. The summed E-state index contributed by atoms with van der Waals surface area (Å²) in [6, 6.07) is 11.7. The number of imide groups is 1. The van der Waals surface area contributed by atoms with Crippen molar-refractivity contribution in [2.75, 3.05) is 26.7 Å². The lowest BCUT2D eigenvalue weighted by Gasteiger charge is -2.22. The zero-order valence-corrected chi connectivity index (χ0v) is 24.9. The van der Waals surface area contributed by atoms with Gasteiger partial charge < -0.3 is 14.4 Å². The molecule has 36 heavy (non-hydrogen) atoms. The average molecular weight is 732 g/mol. The van der Waals surface area contributed by atoms with Crippen LogP contribution in [0.5, 0.6) is 11.5 Å². The van der Waals surface area contributed by atoms with Crippen molar-refractivity contribution >= 4 is 80.1 Å². The highest BCUT2D eigenvalue weighted by Crippen LogP contribution is 2.37. The number of benzene rings is 2. The van der Waals surface area contributed by atoms with Crippen LogP contribution >= 0.6 is 56.9 Å². The van der Waals surface area contributed by atoms with Gasteiger partial charge in [-0.1, -0.05) is 25.0 Å². The van der Waals surface area contributed by atoms with Gasteiger partial charge in [0.2, 0.25) is 5.91 Å². The molecule has 2 fully saturated rings. The minimum absolute atomic E-state index is 0.175. The van der Waals surface area contributed by atoms with Crippen LogP contribution in [-0.2, 0) is 16.2 Å². The first-order chi connectivity index (χ1) is 17.4. The van der Waals surface area contributed by atoms with Crippen molar-refractivity contribution in [2.45, 2.75) is 32.3 Å². The van der Waals surface area contributed by atoms with Gasteiger partial charge >= 0.3 is 0 Å². The smallest absolute Gasteiger partial charge is 0.294 e. The molecule has 2 aromatic rings. The van der Waals surface area contributed by atoms with Gasteiger partial charge in [-0.15, -0.1) is 0 Å². The van der Waals surface area contributed by atoms with Gasteiger partial charge in [0.1, 0.15) is 13.2 Å². The molecule has 0 unspecified atom stereocenters. The third-order valence-corrected chi connectivity index (χ3v) is 8.40. The average Bonchev–Trinajstić information content (AvgIpc) is 3.05. The lowest BCUT2D eigenvalue weighted by molar-refractivity contribution is -0.135. The van der Waals surface area contributed by atoms with Crippen LogP contribution < -0.4 is 9.47 Å². The monoisotopic (exact) mass is 732 g/mol. The van der Waals surface area contributed by atoms with Crippen molar-refractivity contribution in [3.8, 4) is 11.5 Å². The molecule has 0 radical (unpaired) electrons. The van der Waals surface area contributed by atoms with Crippen LogP contribution in [0.1, 0.15) is 36.8 Å². The summed E-state index contributed by atoms with van der Waals surface area (Å²) in [5.41, 5.74) is 1.75. The first-order valence-corrected chi connectivity index (χ1v) is 14.6. The number of hydrogen-bond acceptors (Lipinski definition) is 6. The number of halogens is 2. The normalized spacial score (nSPS) is 17.5. The molecule has 0 aromatic heterocycles. The largest absolute Gasteiger partial charge is 0.493 e. The molecule has 190 valence electrons. The number of amides is 3. The summed E-state index contributed by atoms with van der Waals surface area (Å²) in [6.45, 7) is 1.54. The van der Waals surface area contributed by atoms with Crippen molar-refractivity contribution in [1.82, 2.24) is 9.80 Å². The molecule has 2 aliphatic rings. The number of nitrogens with zero attached hydrogens (tertiary/aromatic N) is 2. The van der Waals surface area contributed by atoms with Gasteiger partial charge in [0, 0.05) is 16.7 Å². The lowest BCUT2D eigenvalue weighted by atomic mass is 10.1. The molecule has 0 atom stereocenters. The van der Waals surface area contributed by atoms with E-state index in [0.717, 1.165) is 55.0 Å². The van der Waals surface area contributed by atoms with Gasteiger partial charge in [-0.2, -0.15) is 0 Å². The standard InChI is InChI=1S/C26H26I2N2O5S/c1-34-21-13-18(12-20(28)24(21)35-16-17-6-8-19(27)9-7-17)14-22-25(32)30(26(33)36-22)15-23(31)29-10-4-2-3-5-11-29/h6-9,12-14H,2-5,10-11,15-16H2,1H3. The summed E-state index contributed by atoms with van der Waals surface area (Å²) in [7, 11) is 1.56. The Balaban J connectivity index is 1.47. The fourth-order valence-corrected chi connectivity index (χ4v) is 6.02. The SMILES string of the molecule is COc1cc(C=C2SC(=O)N(CC(=O)N3CCCCCC3)C2=O)cc(I)c1OCc1ccc(I)cc1. The van der Waals surface area contributed by atoms with E-state index in [0.29, 0.717) is 36.8 Å². The van der Waals surface area contributed by atoms with E-state index in [-0.39, 0.29) is 17.4 Å². The van der Waals surface area contributed by atoms with Crippen molar-refractivity contribution in [3.63, 3.8) is 0 Å². The Morgan fingerprint density at radius 1 is 1.06 bits per heavy atom. The number of carbonyl (C=O) groups excluding carboxylic acids is 3. The molecule has 10 heteroatoms. The fourth-order valence-electron chi connectivity index (χ4n) is 4.04. The van der Waals surface area contributed by atoms with Crippen molar-refractivity contribution in [3.05, 3.63) is 59.6 Å². The van der Waals surface area contributed by atoms with Gasteiger partial charge in [-0.3, -0.25) is 19.3 Å². The Labute approximate surface area is 242 Å². The maximum atomic E-state index is 13.0. The van der Waals surface area contributed by atoms with Crippen LogP contribution in [0.2, 0.25) is 0 Å². The van der Waals surface area contributed by atoms with E-state index in [1.54, 1.807) is 24.2 Å². The van der Waals surface area contributed by atoms with Crippen LogP contribution in [0, 0.1) is 7.14 Å². The molecule has 2 aromatic carbocycles. The van der Waals surface area contributed by atoms with E-state index < -0.39 is 11.1 Å². The number of hydrogen-bond donors (Lipinski definition) is 0. The Kier molecular flexibility index (Phi) is 9.56. The number of thioether (sulfide) groups is 1. The zero-order chi connectivity index (χ0) is 25.7. The van der Waals surface area contributed by atoms with Gasteiger partial charge in [-0.25, -0.2) is 0 Å². The van der Waals surface area contributed by atoms with E-state index in [1.165, 1.54) is 0 Å². The topological polar surface area (TPSA) is 76.2 Å². The summed E-state index contributed by atoms with van der Waals surface area (Å²) in [5.74, 6) is 0.534. The van der Waals surface area contributed by atoms with Crippen LogP contribution in [0.25, 0.3) is 6.08 Å². The van der Waals surface area contributed by atoms with E-state index in [4.69, 9.17) is 9.47 Å². The highest BCUT2D eigenvalue weighted by molar-refractivity contribution is 14.1. The van der Waals surface area contributed by atoms with Crippen LogP contribution in [0.3, 0.4) is 0 Å². The van der Waals surface area contributed by atoms with E-state index >= 15 is 0 Å². The summed E-state index contributed by atoms with van der Waals surface area (Å²) >= 11 is 5.29. The Bertz CT molecular complexity index is 1180. The molecule has 0 spiro atoms. The summed E-state index contributed by atoms with van der Waals surface area (Å²) in [6.07, 6.45) is 5.78. The highest BCUT2D eigenvalue weighted by Gasteiger charge is 2.37. The molecule has 2 heterocycles. The molecule has 4 rings (SSSR count). The zero-order valence-electron chi connectivity index (χ0n) is 19.8. The quantitative estimate of drug-likeness (QED) is 0.260. The predicted molar refractivity (Wildman–Crippen MR) is 157 cm³/mol. The molecule has 0 N–H and O–H groups in total. The number of carbonyl (C=O) groups is 3. The summed E-state index contributed by atoms with van der Waals surface area (Å²) in [4.78, 5) is 41.4. The van der Waals surface area contributed by atoms with Gasteiger partial charge in [0.25, 0.3) is 11.1 Å². The Morgan fingerprint density at radius 2 is 1.75 bits per heavy atom. The highest BCUT2D eigenvalue weighted by atomic mass is 127. The van der Waals surface area contributed by atoms with E-state index in [2.05, 4.69) is 45.2 Å². The van der Waals surface area contributed by atoms with Crippen molar-refractivity contribution in [1.29, 1.82) is 0 Å². The molecule has 2 saturated heterocycles. The van der Waals surface area contributed by atoms with Crippen LogP contribution in [0.15, 0.2) is 41.3 Å². The summed E-state index contributed by atoms with van der Waals surface area (Å²) < 4.78 is 13.6. The third-order valence-electron chi connectivity index (χ3n) is 5.97. The molecule has 0 saturated carbocycles. The van der Waals surface area contributed by atoms with Crippen LogP contribution in [0.4, 0.5) is 4.79 Å². The minimum Gasteiger partial charge on any atom is -0.493 e. The summed E-state index contributed by atoms with van der Waals surface area (Å²) in [5, 5.41) is -0.423. The van der Waals surface area contributed by atoms with Crippen molar-refractivity contribution in [2.24, 2.45) is 0 Å². The molecule has 0 bridgehead atoms. The maximum absolute atomic E-state index is 13.0. The second-order valence-electron chi connectivity index (χ2n) is 8.51.